The van der Waals surface area contributed by atoms with Gasteiger partial charge in [-0.15, -0.1) is 0 Å². The zero-order chi connectivity index (χ0) is 13.3. The van der Waals surface area contributed by atoms with Gasteiger partial charge in [-0.2, -0.15) is 0 Å². The molecule has 0 unspecified atom stereocenters. The van der Waals surface area contributed by atoms with Crippen LogP contribution in [0.2, 0.25) is 0 Å². The van der Waals surface area contributed by atoms with E-state index in [0.717, 1.165) is 0 Å². The van der Waals surface area contributed by atoms with Crippen LogP contribution in [0.15, 0.2) is 23.8 Å². The molecule has 0 aliphatic carbocycles. The highest BCUT2D eigenvalue weighted by molar-refractivity contribution is 6.18. The maximum atomic E-state index is 10.8. The van der Waals surface area contributed by atoms with Gasteiger partial charge in [-0.1, -0.05) is 0 Å². The lowest BCUT2D eigenvalue weighted by atomic mass is 10.1. The lowest BCUT2D eigenvalue weighted by molar-refractivity contribution is -0.140. The second-order valence-electron chi connectivity index (χ2n) is 3.47. The molecule has 18 heavy (non-hydrogen) atoms. The highest BCUT2D eigenvalue weighted by Gasteiger charge is 2.23. The Bertz CT molecular complexity index is 547. The Balaban J connectivity index is 2.50. The molecule has 0 radical (unpaired) electrons. The molecular weight excluding hydrogens is 242 g/mol. The van der Waals surface area contributed by atoms with Gasteiger partial charge in [0.2, 0.25) is 6.79 Å². The number of ether oxygens (including phenoxy) is 2. The fourth-order valence-corrected chi connectivity index (χ4v) is 1.53. The number of hydrogen-bond donors (Lipinski definition) is 3. The van der Waals surface area contributed by atoms with Gasteiger partial charge in [0, 0.05) is 5.56 Å². The van der Waals surface area contributed by atoms with Gasteiger partial charge < -0.3 is 25.4 Å². The minimum Gasteiger partial charge on any atom is -0.477 e. The Kier molecular flexibility index (Phi) is 2.80. The van der Waals surface area contributed by atoms with Crippen molar-refractivity contribution in [3.05, 3.63) is 29.3 Å². The van der Waals surface area contributed by atoms with E-state index in [-0.39, 0.29) is 18.1 Å². The number of fused-ring (bicyclic) bond motifs is 1. The van der Waals surface area contributed by atoms with Crippen LogP contribution < -0.4 is 15.2 Å². The first-order valence-corrected chi connectivity index (χ1v) is 4.87. The molecule has 0 bridgehead atoms. The van der Waals surface area contributed by atoms with Crippen molar-refractivity contribution in [2.45, 2.75) is 0 Å². The van der Waals surface area contributed by atoms with E-state index in [0.29, 0.717) is 11.5 Å². The summed E-state index contributed by atoms with van der Waals surface area (Å²) in [6.45, 7) is 0.0626. The normalized spacial score (nSPS) is 12.0. The summed E-state index contributed by atoms with van der Waals surface area (Å²) in [6, 6.07) is 4.43. The van der Waals surface area contributed by atoms with Gasteiger partial charge in [0.15, 0.2) is 17.1 Å². The van der Waals surface area contributed by atoms with Crippen molar-refractivity contribution in [3.8, 4) is 11.5 Å². The first-order valence-electron chi connectivity index (χ1n) is 4.87. The predicted molar refractivity (Wildman–Crippen MR) is 58.9 cm³/mol. The predicted octanol–water partition coefficient (Wildman–Crippen LogP) is 0.254. The first kappa shape index (κ1) is 11.8. The third-order valence-corrected chi connectivity index (χ3v) is 2.38. The summed E-state index contributed by atoms with van der Waals surface area (Å²) in [5.74, 6) is -2.31. The molecule has 1 aliphatic heterocycles. The van der Waals surface area contributed by atoms with Crippen LogP contribution in [0.1, 0.15) is 5.56 Å². The molecule has 2 rings (SSSR count). The molecule has 1 aromatic rings. The quantitative estimate of drug-likeness (QED) is 0.400. The Morgan fingerprint density at radius 2 is 1.72 bits per heavy atom. The summed E-state index contributed by atoms with van der Waals surface area (Å²) in [5.41, 5.74) is 4.59. The lowest BCUT2D eigenvalue weighted by Crippen LogP contribution is -2.17. The molecule has 0 saturated carbocycles. The van der Waals surface area contributed by atoms with E-state index in [2.05, 4.69) is 0 Å². The monoisotopic (exact) mass is 251 g/mol. The average Bonchev–Trinajstić information content (AvgIpc) is 2.74. The Morgan fingerprint density at radius 1 is 1.11 bits per heavy atom. The van der Waals surface area contributed by atoms with Gasteiger partial charge in [0.25, 0.3) is 0 Å². The van der Waals surface area contributed by atoms with Gasteiger partial charge in [-0.3, -0.25) is 0 Å². The molecule has 94 valence electrons. The number of rotatable bonds is 3. The second kappa shape index (κ2) is 4.28. The highest BCUT2D eigenvalue weighted by atomic mass is 16.7. The van der Waals surface area contributed by atoms with Crippen molar-refractivity contribution in [3.63, 3.8) is 0 Å². The Morgan fingerprint density at radius 3 is 2.33 bits per heavy atom. The molecule has 7 heteroatoms. The molecule has 0 fully saturated rings. The summed E-state index contributed by atoms with van der Waals surface area (Å²) in [5, 5.41) is 17.6. The summed E-state index contributed by atoms with van der Waals surface area (Å²) in [6.07, 6.45) is 0. The van der Waals surface area contributed by atoms with Gasteiger partial charge in [0.1, 0.15) is 0 Å². The number of aliphatic carboxylic acids is 2. The highest BCUT2D eigenvalue weighted by Crippen LogP contribution is 2.34. The van der Waals surface area contributed by atoms with Crippen molar-refractivity contribution in [2.75, 3.05) is 6.79 Å². The number of carboxylic acids is 2. The van der Waals surface area contributed by atoms with Gasteiger partial charge in [-0.05, 0) is 18.2 Å². The van der Waals surface area contributed by atoms with Crippen LogP contribution in [-0.4, -0.2) is 28.9 Å². The molecule has 0 saturated heterocycles. The molecule has 1 aliphatic rings. The largest absolute Gasteiger partial charge is 0.477 e. The molecule has 0 aromatic heterocycles. The van der Waals surface area contributed by atoms with E-state index in [9.17, 15) is 9.59 Å². The minimum absolute atomic E-state index is 0.0626. The van der Waals surface area contributed by atoms with Crippen LogP contribution in [0.5, 0.6) is 11.5 Å². The van der Waals surface area contributed by atoms with Crippen molar-refractivity contribution in [1.82, 2.24) is 0 Å². The average molecular weight is 251 g/mol. The smallest absolute Gasteiger partial charge is 0.345 e. The van der Waals surface area contributed by atoms with Crippen LogP contribution in [0.25, 0.3) is 5.70 Å². The Labute approximate surface area is 101 Å². The SMILES string of the molecule is NC(=C(C(=O)O)C(=O)O)c1ccc2c(c1)OCO2. The topological polar surface area (TPSA) is 119 Å². The van der Waals surface area contributed by atoms with E-state index >= 15 is 0 Å². The first-order chi connectivity index (χ1) is 8.50. The van der Waals surface area contributed by atoms with Crippen molar-refractivity contribution in [2.24, 2.45) is 5.73 Å². The third-order valence-electron chi connectivity index (χ3n) is 2.38. The maximum Gasteiger partial charge on any atom is 0.345 e. The van der Waals surface area contributed by atoms with Gasteiger partial charge in [0.05, 0.1) is 5.70 Å². The third kappa shape index (κ3) is 1.93. The number of carboxylic acid groups (broad SMARTS) is 2. The standard InChI is InChI=1S/C11H9NO6/c12-9(8(10(13)14)11(15)16)5-1-2-6-7(3-5)18-4-17-6/h1-3H,4,12H2,(H,13,14)(H,15,16). The van der Waals surface area contributed by atoms with Crippen LogP contribution in [0, 0.1) is 0 Å². The number of nitrogens with two attached hydrogens (primary N) is 1. The van der Waals surface area contributed by atoms with Gasteiger partial charge in [-0.25, -0.2) is 9.59 Å². The summed E-state index contributed by atoms with van der Waals surface area (Å²) in [7, 11) is 0. The lowest BCUT2D eigenvalue weighted by Gasteiger charge is -2.05. The minimum atomic E-state index is -1.60. The molecule has 0 atom stereocenters. The van der Waals surface area contributed by atoms with Crippen LogP contribution in [-0.2, 0) is 9.59 Å². The van der Waals surface area contributed by atoms with E-state index < -0.39 is 17.5 Å². The van der Waals surface area contributed by atoms with Crippen molar-refractivity contribution in [1.29, 1.82) is 0 Å². The molecule has 0 amide bonds. The number of carbonyl (C=O) groups is 2. The molecule has 0 spiro atoms. The van der Waals surface area contributed by atoms with Crippen molar-refractivity contribution >= 4 is 17.6 Å². The summed E-state index contributed by atoms with van der Waals surface area (Å²) < 4.78 is 10.2. The zero-order valence-corrected chi connectivity index (χ0v) is 9.04. The van der Waals surface area contributed by atoms with Gasteiger partial charge >= 0.3 is 11.9 Å². The van der Waals surface area contributed by atoms with E-state index in [1.54, 1.807) is 0 Å². The summed E-state index contributed by atoms with van der Waals surface area (Å²) >= 11 is 0. The fraction of sp³-hybridized carbons (Fsp3) is 0.0909. The fourth-order valence-electron chi connectivity index (χ4n) is 1.53. The van der Waals surface area contributed by atoms with Crippen LogP contribution >= 0.6 is 0 Å². The van der Waals surface area contributed by atoms with E-state index in [1.807, 2.05) is 0 Å². The Hall–Kier alpha value is -2.70. The zero-order valence-electron chi connectivity index (χ0n) is 9.04. The van der Waals surface area contributed by atoms with Crippen molar-refractivity contribution < 1.29 is 29.3 Å². The molecule has 1 aromatic carbocycles. The van der Waals surface area contributed by atoms with E-state index in [1.165, 1.54) is 18.2 Å². The summed E-state index contributed by atoms with van der Waals surface area (Å²) in [4.78, 5) is 21.6. The molecular formula is C11H9NO6. The van der Waals surface area contributed by atoms with Crippen LogP contribution in [0.4, 0.5) is 0 Å². The second-order valence-corrected chi connectivity index (χ2v) is 3.47. The number of hydrogen-bond acceptors (Lipinski definition) is 5. The molecule has 7 nitrogen and oxygen atoms in total. The molecule has 4 N–H and O–H groups in total. The van der Waals surface area contributed by atoms with Crippen LogP contribution in [0.3, 0.4) is 0 Å². The maximum absolute atomic E-state index is 10.8. The number of benzene rings is 1. The molecule has 1 heterocycles. The van der Waals surface area contributed by atoms with E-state index in [4.69, 9.17) is 25.4 Å².